The standard InChI is InChI=1S/C17H19FN4O3/c1-25-17(24)20-10-15(23)22-8-4-7-14(22)16-19-9-13(21-16)11-5-2-3-6-12(11)18/h2-3,5-6,9,14H,4,7-8,10H2,1H3,(H,19,21)(H,20,24)/t14-/m1/s1. The molecule has 25 heavy (non-hydrogen) atoms. The van der Waals surface area contributed by atoms with E-state index in [1.54, 1.807) is 29.3 Å². The van der Waals surface area contributed by atoms with Crippen LogP contribution in [-0.2, 0) is 9.53 Å². The highest BCUT2D eigenvalue weighted by Crippen LogP contribution is 2.31. The minimum absolute atomic E-state index is 0.135. The molecule has 2 heterocycles. The Labute approximate surface area is 144 Å². The van der Waals surface area contributed by atoms with Crippen molar-refractivity contribution in [1.82, 2.24) is 20.2 Å². The van der Waals surface area contributed by atoms with Crippen molar-refractivity contribution in [1.29, 1.82) is 0 Å². The number of H-pyrrole nitrogens is 1. The quantitative estimate of drug-likeness (QED) is 0.889. The molecule has 2 amide bonds. The van der Waals surface area contributed by atoms with Crippen molar-refractivity contribution in [2.45, 2.75) is 18.9 Å². The van der Waals surface area contributed by atoms with E-state index in [-0.39, 0.29) is 24.3 Å². The molecule has 2 aromatic rings. The number of nitrogens with zero attached hydrogens (tertiary/aromatic N) is 2. The second kappa shape index (κ2) is 7.33. The van der Waals surface area contributed by atoms with Gasteiger partial charge in [-0.1, -0.05) is 12.1 Å². The first-order valence-corrected chi connectivity index (χ1v) is 8.01. The average molecular weight is 346 g/mol. The zero-order chi connectivity index (χ0) is 17.8. The number of benzene rings is 1. The summed E-state index contributed by atoms with van der Waals surface area (Å²) in [6.45, 7) is 0.451. The summed E-state index contributed by atoms with van der Waals surface area (Å²) in [5.74, 6) is 0.0678. The van der Waals surface area contributed by atoms with Crippen molar-refractivity contribution < 1.29 is 18.7 Å². The number of imidazole rings is 1. The second-order valence-corrected chi connectivity index (χ2v) is 5.75. The van der Waals surface area contributed by atoms with Crippen LogP contribution in [0.15, 0.2) is 30.5 Å². The van der Waals surface area contributed by atoms with E-state index in [1.807, 2.05) is 0 Å². The molecule has 1 fully saturated rings. The Hall–Kier alpha value is -2.90. The zero-order valence-electron chi connectivity index (χ0n) is 13.8. The van der Waals surface area contributed by atoms with Crippen molar-refractivity contribution >= 4 is 12.0 Å². The number of carbonyl (C=O) groups is 2. The summed E-state index contributed by atoms with van der Waals surface area (Å²) in [5.41, 5.74) is 1.00. The Morgan fingerprint density at radius 3 is 3.00 bits per heavy atom. The van der Waals surface area contributed by atoms with Crippen LogP contribution in [0.3, 0.4) is 0 Å². The van der Waals surface area contributed by atoms with Gasteiger partial charge in [0.15, 0.2) is 0 Å². The number of halogens is 1. The van der Waals surface area contributed by atoms with Gasteiger partial charge >= 0.3 is 6.09 Å². The highest BCUT2D eigenvalue weighted by Gasteiger charge is 2.32. The number of aromatic amines is 1. The van der Waals surface area contributed by atoms with Gasteiger partial charge in [-0.2, -0.15) is 0 Å². The van der Waals surface area contributed by atoms with Crippen LogP contribution in [0.2, 0.25) is 0 Å². The first-order chi connectivity index (χ1) is 12.1. The fourth-order valence-electron chi connectivity index (χ4n) is 2.99. The molecule has 0 saturated carbocycles. The zero-order valence-corrected chi connectivity index (χ0v) is 13.8. The number of nitrogens with one attached hydrogen (secondary N) is 2. The van der Waals surface area contributed by atoms with Crippen molar-refractivity contribution in [3.8, 4) is 11.3 Å². The predicted octanol–water partition coefficient (Wildman–Crippen LogP) is 2.24. The van der Waals surface area contributed by atoms with E-state index >= 15 is 0 Å². The normalized spacial score (nSPS) is 16.7. The number of amides is 2. The number of methoxy groups -OCH3 is 1. The van der Waals surface area contributed by atoms with E-state index in [1.165, 1.54) is 13.2 Å². The van der Waals surface area contributed by atoms with Crippen LogP contribution in [0.25, 0.3) is 11.3 Å². The fourth-order valence-corrected chi connectivity index (χ4v) is 2.99. The molecule has 1 aromatic heterocycles. The summed E-state index contributed by atoms with van der Waals surface area (Å²) in [7, 11) is 1.24. The van der Waals surface area contributed by atoms with Crippen LogP contribution in [0.5, 0.6) is 0 Å². The predicted molar refractivity (Wildman–Crippen MR) is 88.1 cm³/mol. The van der Waals surface area contributed by atoms with Crippen molar-refractivity contribution in [2.24, 2.45) is 0 Å². The van der Waals surface area contributed by atoms with Gasteiger partial charge in [0.1, 0.15) is 18.2 Å². The van der Waals surface area contributed by atoms with Gasteiger partial charge in [0.05, 0.1) is 25.0 Å². The Kier molecular flexibility index (Phi) is 4.97. The number of aromatic nitrogens is 2. The molecule has 132 valence electrons. The third-order valence-electron chi connectivity index (χ3n) is 4.22. The minimum Gasteiger partial charge on any atom is -0.453 e. The van der Waals surface area contributed by atoms with Crippen LogP contribution in [0, 0.1) is 5.82 Å². The molecule has 7 nitrogen and oxygen atoms in total. The number of carbonyl (C=O) groups excluding carboxylic acids is 2. The number of rotatable bonds is 4. The number of likely N-dealkylation sites (tertiary alicyclic amines) is 1. The van der Waals surface area contributed by atoms with Gasteiger partial charge < -0.3 is 19.9 Å². The summed E-state index contributed by atoms with van der Waals surface area (Å²) in [6.07, 6.45) is 2.52. The average Bonchev–Trinajstić information content (AvgIpc) is 3.28. The van der Waals surface area contributed by atoms with Crippen molar-refractivity contribution in [2.75, 3.05) is 20.2 Å². The summed E-state index contributed by atoms with van der Waals surface area (Å²) in [6, 6.07) is 6.22. The third-order valence-corrected chi connectivity index (χ3v) is 4.22. The number of ether oxygens (including phenoxy) is 1. The van der Waals surface area contributed by atoms with Crippen LogP contribution in [0.1, 0.15) is 24.7 Å². The minimum atomic E-state index is -0.649. The molecular formula is C17H19FN4O3. The summed E-state index contributed by atoms with van der Waals surface area (Å²) in [4.78, 5) is 32.6. The van der Waals surface area contributed by atoms with Gasteiger partial charge in [-0.3, -0.25) is 4.79 Å². The lowest BCUT2D eigenvalue weighted by Crippen LogP contribution is -2.40. The topological polar surface area (TPSA) is 87.3 Å². The van der Waals surface area contributed by atoms with Crippen LogP contribution in [-0.4, -0.2) is 47.1 Å². The number of hydrogen-bond acceptors (Lipinski definition) is 4. The van der Waals surface area contributed by atoms with Gasteiger partial charge in [0.25, 0.3) is 0 Å². The van der Waals surface area contributed by atoms with E-state index in [4.69, 9.17) is 0 Å². The Bertz CT molecular complexity index is 777. The highest BCUT2D eigenvalue weighted by molar-refractivity contribution is 5.82. The third kappa shape index (κ3) is 3.62. The maximum atomic E-state index is 13.9. The molecule has 0 aliphatic carbocycles. The van der Waals surface area contributed by atoms with Gasteiger partial charge in [-0.25, -0.2) is 14.2 Å². The smallest absolute Gasteiger partial charge is 0.407 e. The molecule has 8 heteroatoms. The molecule has 3 rings (SSSR count). The van der Waals surface area contributed by atoms with E-state index in [0.29, 0.717) is 23.6 Å². The second-order valence-electron chi connectivity index (χ2n) is 5.75. The molecular weight excluding hydrogens is 327 g/mol. The number of alkyl carbamates (subject to hydrolysis) is 1. The fraction of sp³-hybridized carbons (Fsp3) is 0.353. The van der Waals surface area contributed by atoms with Gasteiger partial charge in [0.2, 0.25) is 5.91 Å². The molecule has 0 spiro atoms. The van der Waals surface area contributed by atoms with Crippen LogP contribution < -0.4 is 5.32 Å². The summed E-state index contributed by atoms with van der Waals surface area (Å²) in [5, 5.41) is 2.39. The first kappa shape index (κ1) is 16.9. The largest absolute Gasteiger partial charge is 0.453 e. The van der Waals surface area contributed by atoms with Gasteiger partial charge in [-0.15, -0.1) is 0 Å². The van der Waals surface area contributed by atoms with E-state index in [9.17, 15) is 14.0 Å². The lowest BCUT2D eigenvalue weighted by molar-refractivity contribution is -0.131. The molecule has 2 N–H and O–H groups in total. The van der Waals surface area contributed by atoms with Crippen molar-refractivity contribution in [3.05, 3.63) is 42.1 Å². The van der Waals surface area contributed by atoms with Crippen LogP contribution >= 0.6 is 0 Å². The molecule has 1 saturated heterocycles. The van der Waals surface area contributed by atoms with Crippen LogP contribution in [0.4, 0.5) is 9.18 Å². The molecule has 0 radical (unpaired) electrons. The summed E-state index contributed by atoms with van der Waals surface area (Å²) >= 11 is 0. The number of hydrogen-bond donors (Lipinski definition) is 2. The van der Waals surface area contributed by atoms with E-state index < -0.39 is 6.09 Å². The SMILES string of the molecule is COC(=O)NCC(=O)N1CCC[C@@H]1c1ncc(-c2ccccc2F)[nH]1. The molecule has 0 unspecified atom stereocenters. The Morgan fingerprint density at radius 2 is 2.24 bits per heavy atom. The molecule has 0 bridgehead atoms. The summed E-state index contributed by atoms with van der Waals surface area (Å²) < 4.78 is 18.4. The lowest BCUT2D eigenvalue weighted by atomic mass is 10.1. The maximum absolute atomic E-state index is 13.9. The maximum Gasteiger partial charge on any atom is 0.407 e. The van der Waals surface area contributed by atoms with Crippen molar-refractivity contribution in [3.63, 3.8) is 0 Å². The first-order valence-electron chi connectivity index (χ1n) is 8.01. The monoisotopic (exact) mass is 346 g/mol. The Morgan fingerprint density at radius 1 is 1.44 bits per heavy atom. The Balaban J connectivity index is 1.74. The molecule has 1 atom stereocenters. The van der Waals surface area contributed by atoms with Gasteiger partial charge in [-0.05, 0) is 25.0 Å². The molecule has 1 aliphatic heterocycles. The highest BCUT2D eigenvalue weighted by atomic mass is 19.1. The van der Waals surface area contributed by atoms with E-state index in [2.05, 4.69) is 20.0 Å². The molecule has 1 aliphatic rings. The lowest BCUT2D eigenvalue weighted by Gasteiger charge is -2.23. The molecule has 1 aromatic carbocycles. The van der Waals surface area contributed by atoms with Gasteiger partial charge in [0, 0.05) is 12.1 Å². The van der Waals surface area contributed by atoms with E-state index in [0.717, 1.165) is 12.8 Å².